The van der Waals surface area contributed by atoms with Gasteiger partial charge in [-0.15, -0.1) is 0 Å². The molecule has 1 aliphatic carbocycles. The van der Waals surface area contributed by atoms with Gasteiger partial charge < -0.3 is 14.9 Å². The molecule has 0 spiro atoms. The SMILES string of the molecule is CCCCC(C)(C)C(O)C=CC1C(O)CC(=O)C1CCCCC=CC(=O)OC. The number of rotatable bonds is 12. The highest BCUT2D eigenvalue weighted by atomic mass is 16.5. The highest BCUT2D eigenvalue weighted by Crippen LogP contribution is 2.35. The van der Waals surface area contributed by atoms with Gasteiger partial charge in [-0.2, -0.15) is 0 Å². The molecule has 0 aromatic rings. The lowest BCUT2D eigenvalue weighted by Gasteiger charge is -2.29. The van der Waals surface area contributed by atoms with Crippen molar-refractivity contribution in [2.24, 2.45) is 17.3 Å². The van der Waals surface area contributed by atoms with E-state index in [-0.39, 0.29) is 35.4 Å². The highest BCUT2D eigenvalue weighted by molar-refractivity contribution is 5.84. The Morgan fingerprint density at radius 3 is 2.68 bits per heavy atom. The Balaban J connectivity index is 2.57. The number of Topliss-reactive ketones (excluding diaryl/α,β-unsaturated/α-hetero) is 1. The molecule has 2 N–H and O–H groups in total. The van der Waals surface area contributed by atoms with Gasteiger partial charge in [0.1, 0.15) is 5.78 Å². The minimum atomic E-state index is -0.668. The number of aliphatic hydroxyl groups is 2. The average molecular weight is 395 g/mol. The van der Waals surface area contributed by atoms with Crippen LogP contribution in [0.15, 0.2) is 24.3 Å². The average Bonchev–Trinajstić information content (AvgIpc) is 2.93. The normalized spacial score (nSPS) is 24.4. The quantitative estimate of drug-likeness (QED) is 0.226. The number of hydrogen-bond acceptors (Lipinski definition) is 5. The Morgan fingerprint density at radius 2 is 2.04 bits per heavy atom. The van der Waals surface area contributed by atoms with E-state index in [4.69, 9.17) is 0 Å². The standard InChI is InChI=1S/C23H38O5/c1-5-6-15-23(2,3)21(26)14-13-18-17(19(24)16-20(18)25)11-9-7-8-10-12-22(27)28-4/h10,12-14,17-18,20-21,25-26H,5-9,11,15-16H2,1-4H3. The first kappa shape index (κ1) is 24.6. The maximum absolute atomic E-state index is 12.3. The Kier molecular flexibility index (Phi) is 10.7. The molecule has 5 nitrogen and oxygen atoms in total. The third-order valence-corrected chi connectivity index (χ3v) is 5.81. The second kappa shape index (κ2) is 12.2. The largest absolute Gasteiger partial charge is 0.466 e. The summed E-state index contributed by atoms with van der Waals surface area (Å²) in [7, 11) is 1.35. The number of ketones is 1. The van der Waals surface area contributed by atoms with E-state index in [9.17, 15) is 19.8 Å². The van der Waals surface area contributed by atoms with Crippen LogP contribution in [-0.2, 0) is 14.3 Å². The topological polar surface area (TPSA) is 83.8 Å². The zero-order valence-corrected chi connectivity index (χ0v) is 17.9. The Morgan fingerprint density at radius 1 is 1.32 bits per heavy atom. The molecule has 1 saturated carbocycles. The highest BCUT2D eigenvalue weighted by Gasteiger charge is 2.39. The van der Waals surface area contributed by atoms with Crippen molar-refractivity contribution < 1.29 is 24.5 Å². The third-order valence-electron chi connectivity index (χ3n) is 5.81. The van der Waals surface area contributed by atoms with Crippen LogP contribution < -0.4 is 0 Å². The van der Waals surface area contributed by atoms with Crippen molar-refractivity contribution in [2.75, 3.05) is 7.11 Å². The zero-order valence-electron chi connectivity index (χ0n) is 17.9. The van der Waals surface area contributed by atoms with Crippen molar-refractivity contribution in [3.8, 4) is 0 Å². The molecule has 0 bridgehead atoms. The van der Waals surface area contributed by atoms with Crippen LogP contribution in [0, 0.1) is 17.3 Å². The summed E-state index contributed by atoms with van der Waals surface area (Å²) in [5.74, 6) is -0.678. The van der Waals surface area contributed by atoms with E-state index in [2.05, 4.69) is 11.7 Å². The van der Waals surface area contributed by atoms with Crippen LogP contribution in [0.5, 0.6) is 0 Å². The molecule has 1 aliphatic rings. The van der Waals surface area contributed by atoms with E-state index < -0.39 is 12.2 Å². The molecule has 1 fully saturated rings. The molecule has 0 aromatic carbocycles. The number of ether oxygens (including phenoxy) is 1. The molecule has 0 radical (unpaired) electrons. The smallest absolute Gasteiger partial charge is 0.330 e. The zero-order chi connectivity index (χ0) is 21.2. The molecule has 0 aromatic heterocycles. The lowest BCUT2D eigenvalue weighted by Crippen LogP contribution is -2.28. The molecule has 160 valence electrons. The lowest BCUT2D eigenvalue weighted by molar-refractivity contribution is -0.134. The van der Waals surface area contributed by atoms with Gasteiger partial charge in [0, 0.05) is 24.3 Å². The van der Waals surface area contributed by atoms with Crippen LogP contribution >= 0.6 is 0 Å². The Hall–Kier alpha value is -1.46. The summed E-state index contributed by atoms with van der Waals surface area (Å²) in [6.07, 6.45) is 12.0. The number of methoxy groups -OCH3 is 1. The summed E-state index contributed by atoms with van der Waals surface area (Å²) < 4.78 is 4.54. The summed E-state index contributed by atoms with van der Waals surface area (Å²) in [6, 6.07) is 0. The number of aliphatic hydroxyl groups excluding tert-OH is 2. The van der Waals surface area contributed by atoms with Gasteiger partial charge in [0.05, 0.1) is 19.3 Å². The molecule has 0 amide bonds. The Labute approximate surface area is 169 Å². The Bertz CT molecular complexity index is 549. The van der Waals surface area contributed by atoms with Gasteiger partial charge in [0.25, 0.3) is 0 Å². The number of esters is 1. The van der Waals surface area contributed by atoms with Crippen LogP contribution in [0.25, 0.3) is 0 Å². The van der Waals surface area contributed by atoms with Crippen molar-refractivity contribution in [3.63, 3.8) is 0 Å². The van der Waals surface area contributed by atoms with E-state index in [1.807, 2.05) is 19.9 Å². The van der Waals surface area contributed by atoms with E-state index >= 15 is 0 Å². The predicted molar refractivity (Wildman–Crippen MR) is 111 cm³/mol. The van der Waals surface area contributed by atoms with Crippen molar-refractivity contribution in [1.29, 1.82) is 0 Å². The molecule has 0 heterocycles. The maximum atomic E-state index is 12.3. The summed E-state index contributed by atoms with van der Waals surface area (Å²) >= 11 is 0. The summed E-state index contributed by atoms with van der Waals surface area (Å²) in [6.45, 7) is 6.23. The van der Waals surface area contributed by atoms with E-state index in [0.717, 1.165) is 38.5 Å². The van der Waals surface area contributed by atoms with Crippen LogP contribution in [0.2, 0.25) is 0 Å². The second-order valence-electron chi connectivity index (χ2n) is 8.55. The van der Waals surface area contributed by atoms with Crippen molar-refractivity contribution in [2.45, 2.75) is 84.3 Å². The van der Waals surface area contributed by atoms with Crippen molar-refractivity contribution in [3.05, 3.63) is 24.3 Å². The molecule has 1 rings (SSSR count). The number of carbonyl (C=O) groups excluding carboxylic acids is 2. The van der Waals surface area contributed by atoms with Gasteiger partial charge in [0.2, 0.25) is 0 Å². The monoisotopic (exact) mass is 394 g/mol. The minimum absolute atomic E-state index is 0.104. The fourth-order valence-electron chi connectivity index (χ4n) is 3.74. The molecular formula is C23H38O5. The number of hydrogen-bond donors (Lipinski definition) is 2. The maximum Gasteiger partial charge on any atom is 0.330 e. The van der Waals surface area contributed by atoms with Crippen molar-refractivity contribution in [1.82, 2.24) is 0 Å². The number of allylic oxidation sites excluding steroid dienone is 1. The predicted octanol–water partition coefficient (Wildman–Crippen LogP) is 3.98. The third kappa shape index (κ3) is 7.88. The molecule has 4 atom stereocenters. The molecular weight excluding hydrogens is 356 g/mol. The first-order valence-electron chi connectivity index (χ1n) is 10.5. The summed E-state index contributed by atoms with van der Waals surface area (Å²) in [5.41, 5.74) is -0.221. The van der Waals surface area contributed by atoms with Crippen LogP contribution in [0.1, 0.15) is 72.1 Å². The fourth-order valence-corrected chi connectivity index (χ4v) is 3.74. The minimum Gasteiger partial charge on any atom is -0.466 e. The second-order valence-corrected chi connectivity index (χ2v) is 8.55. The number of carbonyl (C=O) groups is 2. The fraction of sp³-hybridized carbons (Fsp3) is 0.739. The van der Waals surface area contributed by atoms with Crippen LogP contribution in [0.3, 0.4) is 0 Å². The van der Waals surface area contributed by atoms with Gasteiger partial charge in [-0.3, -0.25) is 4.79 Å². The number of unbranched alkanes of at least 4 members (excludes halogenated alkanes) is 3. The van der Waals surface area contributed by atoms with Crippen LogP contribution in [0.4, 0.5) is 0 Å². The van der Waals surface area contributed by atoms with E-state index in [1.54, 1.807) is 12.2 Å². The van der Waals surface area contributed by atoms with Crippen LogP contribution in [-0.4, -0.2) is 41.3 Å². The lowest BCUT2D eigenvalue weighted by atomic mass is 9.80. The first-order valence-corrected chi connectivity index (χ1v) is 10.5. The summed E-state index contributed by atoms with van der Waals surface area (Å²) in [5, 5.41) is 20.8. The van der Waals surface area contributed by atoms with Crippen molar-refractivity contribution >= 4 is 11.8 Å². The molecule has 0 saturated heterocycles. The van der Waals surface area contributed by atoms with Gasteiger partial charge in [-0.1, -0.05) is 58.3 Å². The molecule has 5 heteroatoms. The molecule has 28 heavy (non-hydrogen) atoms. The van der Waals surface area contributed by atoms with Gasteiger partial charge in [0.15, 0.2) is 0 Å². The molecule has 0 aliphatic heterocycles. The molecule has 4 unspecified atom stereocenters. The van der Waals surface area contributed by atoms with E-state index in [1.165, 1.54) is 13.2 Å². The van der Waals surface area contributed by atoms with Gasteiger partial charge >= 0.3 is 5.97 Å². The first-order chi connectivity index (χ1) is 13.2. The summed E-state index contributed by atoms with van der Waals surface area (Å²) in [4.78, 5) is 23.3. The van der Waals surface area contributed by atoms with E-state index in [0.29, 0.717) is 6.42 Å². The van der Waals surface area contributed by atoms with Gasteiger partial charge in [-0.25, -0.2) is 4.79 Å². The van der Waals surface area contributed by atoms with Gasteiger partial charge in [-0.05, 0) is 31.1 Å².